The maximum atomic E-state index is 12.6. The molecule has 1 fully saturated rings. The first-order valence-corrected chi connectivity index (χ1v) is 13.8. The number of carbonyl (C=O) groups is 2. The highest BCUT2D eigenvalue weighted by atomic mass is 32.1. The zero-order chi connectivity index (χ0) is 25.2. The summed E-state index contributed by atoms with van der Waals surface area (Å²) in [6, 6.07) is 24.1. The van der Waals surface area contributed by atoms with Crippen LogP contribution in [0.4, 0.5) is 0 Å². The summed E-state index contributed by atoms with van der Waals surface area (Å²) in [6.45, 7) is 2.41. The zero-order valence-electron chi connectivity index (χ0n) is 20.6. The van der Waals surface area contributed by atoms with Crippen molar-refractivity contribution in [3.05, 3.63) is 89.5 Å². The molecule has 3 aromatic carbocycles. The minimum Gasteiger partial charge on any atom is -0.431 e. The Bertz CT molecular complexity index is 1360. The summed E-state index contributed by atoms with van der Waals surface area (Å²) < 4.78 is 7.09. The molecule has 6 rings (SSSR count). The Morgan fingerprint density at radius 2 is 1.54 bits per heavy atom. The Hall–Kier alpha value is -3.55. The molecule has 7 heteroatoms. The molecule has 37 heavy (non-hydrogen) atoms. The lowest BCUT2D eigenvalue weighted by Crippen LogP contribution is -2.35. The monoisotopic (exact) mass is 511 g/mol. The fourth-order valence-corrected chi connectivity index (χ4v) is 5.83. The highest BCUT2D eigenvalue weighted by molar-refractivity contribution is 7.20. The summed E-state index contributed by atoms with van der Waals surface area (Å²) in [6.07, 6.45) is 5.36. The number of hydrogen-bond acceptors (Lipinski definition) is 6. The van der Waals surface area contributed by atoms with Gasteiger partial charge in [-0.1, -0.05) is 47.7 Å². The molecule has 0 unspecified atom stereocenters. The molecule has 0 saturated heterocycles. The first-order chi connectivity index (χ1) is 18.2. The number of fused-ring (bicyclic) bond motifs is 2. The summed E-state index contributed by atoms with van der Waals surface area (Å²) in [4.78, 5) is 33.7. The first kappa shape index (κ1) is 23.8. The average molecular weight is 512 g/mol. The van der Waals surface area contributed by atoms with E-state index >= 15 is 0 Å². The standard InChI is InChI=1S/C30H29N3O3S/c34-28-24-8-1-2-9-25(24)29(35)33(28)20-6-19-32(22-14-15-22)18-5-7-21-12-16-23(17-13-21)36-30-31-26-10-3-4-11-27(26)37-30/h1-4,8-13,16-17,22H,5-7,14-15,18-20H2. The number of thiazole rings is 1. The number of imide groups is 1. The molecule has 1 aromatic heterocycles. The van der Waals surface area contributed by atoms with E-state index < -0.39 is 0 Å². The number of benzene rings is 3. The zero-order valence-corrected chi connectivity index (χ0v) is 21.5. The minimum absolute atomic E-state index is 0.158. The number of hydrogen-bond donors (Lipinski definition) is 0. The van der Waals surface area contributed by atoms with Gasteiger partial charge >= 0.3 is 0 Å². The van der Waals surface area contributed by atoms with Crippen LogP contribution in [0.3, 0.4) is 0 Å². The smallest absolute Gasteiger partial charge is 0.279 e. The van der Waals surface area contributed by atoms with Crippen molar-refractivity contribution in [2.24, 2.45) is 0 Å². The summed E-state index contributed by atoms with van der Waals surface area (Å²) in [5.74, 6) is 0.485. The lowest BCUT2D eigenvalue weighted by molar-refractivity contribution is 0.0646. The normalized spacial score (nSPS) is 15.1. The van der Waals surface area contributed by atoms with Crippen molar-refractivity contribution in [2.45, 2.75) is 38.1 Å². The Labute approximate surface area is 220 Å². The van der Waals surface area contributed by atoms with E-state index in [1.54, 1.807) is 23.5 Å². The fourth-order valence-electron chi connectivity index (χ4n) is 5.00. The van der Waals surface area contributed by atoms with Crippen molar-refractivity contribution in [2.75, 3.05) is 19.6 Å². The van der Waals surface area contributed by atoms with E-state index in [2.05, 4.69) is 28.1 Å². The summed E-state index contributed by atoms with van der Waals surface area (Å²) in [7, 11) is 0. The number of nitrogens with zero attached hydrogens (tertiary/aromatic N) is 3. The molecule has 0 spiro atoms. The predicted molar refractivity (Wildman–Crippen MR) is 145 cm³/mol. The van der Waals surface area contributed by atoms with Gasteiger partial charge in [0, 0.05) is 19.1 Å². The van der Waals surface area contributed by atoms with Gasteiger partial charge in [-0.05, 0) is 80.6 Å². The van der Waals surface area contributed by atoms with Crippen LogP contribution in [0.15, 0.2) is 72.8 Å². The molecule has 1 aliphatic heterocycles. The van der Waals surface area contributed by atoms with Gasteiger partial charge in [-0.25, -0.2) is 4.98 Å². The van der Waals surface area contributed by atoms with Crippen molar-refractivity contribution in [3.8, 4) is 10.9 Å². The highest BCUT2D eigenvalue weighted by Gasteiger charge is 2.35. The molecule has 0 bridgehead atoms. The van der Waals surface area contributed by atoms with E-state index in [0.717, 1.165) is 48.3 Å². The molecule has 0 atom stereocenters. The van der Waals surface area contributed by atoms with E-state index in [1.807, 2.05) is 42.5 Å². The van der Waals surface area contributed by atoms with Crippen LogP contribution in [0.1, 0.15) is 52.0 Å². The second kappa shape index (κ2) is 10.4. The van der Waals surface area contributed by atoms with Gasteiger partial charge < -0.3 is 9.64 Å². The van der Waals surface area contributed by atoms with Crippen molar-refractivity contribution in [1.82, 2.24) is 14.8 Å². The van der Waals surface area contributed by atoms with Crippen molar-refractivity contribution in [3.63, 3.8) is 0 Å². The largest absolute Gasteiger partial charge is 0.431 e. The summed E-state index contributed by atoms with van der Waals surface area (Å²) in [5, 5.41) is 0.662. The van der Waals surface area contributed by atoms with Crippen molar-refractivity contribution in [1.29, 1.82) is 0 Å². The van der Waals surface area contributed by atoms with Gasteiger partial charge in [-0.15, -0.1) is 0 Å². The van der Waals surface area contributed by atoms with Crippen molar-refractivity contribution < 1.29 is 14.3 Å². The number of ether oxygens (including phenoxy) is 1. The highest BCUT2D eigenvalue weighted by Crippen LogP contribution is 2.31. The van der Waals surface area contributed by atoms with Gasteiger partial charge in [-0.3, -0.25) is 14.5 Å². The SMILES string of the molecule is O=C1c2ccccc2C(=O)N1CCCN(CCCc1ccc(Oc2nc3ccccc3s2)cc1)C1CC1. The molecule has 0 radical (unpaired) electrons. The lowest BCUT2D eigenvalue weighted by Gasteiger charge is -2.23. The average Bonchev–Trinajstić information content (AvgIpc) is 3.64. The number of aromatic nitrogens is 1. The van der Waals surface area contributed by atoms with Crippen LogP contribution in [-0.2, 0) is 6.42 Å². The molecule has 2 heterocycles. The van der Waals surface area contributed by atoms with E-state index in [4.69, 9.17) is 4.74 Å². The third kappa shape index (κ3) is 5.29. The molecule has 2 aliphatic rings. The van der Waals surface area contributed by atoms with Gasteiger partial charge in [0.2, 0.25) is 0 Å². The minimum atomic E-state index is -0.158. The van der Waals surface area contributed by atoms with Crippen LogP contribution in [0.25, 0.3) is 10.2 Å². The molecule has 4 aromatic rings. The van der Waals surface area contributed by atoms with Crippen LogP contribution in [0.5, 0.6) is 10.9 Å². The Morgan fingerprint density at radius 1 is 0.865 bits per heavy atom. The molecule has 1 saturated carbocycles. The Morgan fingerprint density at radius 3 is 2.24 bits per heavy atom. The second-order valence-electron chi connectivity index (χ2n) is 9.73. The third-order valence-corrected chi connectivity index (χ3v) is 8.00. The molecule has 6 nitrogen and oxygen atoms in total. The van der Waals surface area contributed by atoms with Crippen LogP contribution in [0.2, 0.25) is 0 Å². The lowest BCUT2D eigenvalue weighted by atomic mass is 10.1. The predicted octanol–water partition coefficient (Wildman–Crippen LogP) is 6.17. The van der Waals surface area contributed by atoms with Crippen molar-refractivity contribution >= 4 is 33.4 Å². The van der Waals surface area contributed by atoms with Gasteiger partial charge in [0.05, 0.1) is 21.3 Å². The number of para-hydroxylation sites is 1. The number of carbonyl (C=O) groups excluding carboxylic acids is 2. The van der Waals surface area contributed by atoms with Gasteiger partial charge in [-0.2, -0.15) is 0 Å². The fraction of sp³-hybridized carbons (Fsp3) is 0.300. The van der Waals surface area contributed by atoms with E-state index in [9.17, 15) is 9.59 Å². The van der Waals surface area contributed by atoms with Crippen LogP contribution in [-0.4, -0.2) is 52.3 Å². The van der Waals surface area contributed by atoms with Gasteiger partial charge in [0.15, 0.2) is 0 Å². The topological polar surface area (TPSA) is 62.7 Å². The number of rotatable bonds is 11. The van der Waals surface area contributed by atoms with Gasteiger partial charge in [0.25, 0.3) is 17.0 Å². The van der Waals surface area contributed by atoms with Crippen LogP contribution < -0.4 is 4.74 Å². The molecular weight excluding hydrogens is 482 g/mol. The van der Waals surface area contributed by atoms with E-state index in [-0.39, 0.29) is 11.8 Å². The van der Waals surface area contributed by atoms with Crippen LogP contribution in [0, 0.1) is 0 Å². The summed E-state index contributed by atoms with van der Waals surface area (Å²) >= 11 is 1.55. The van der Waals surface area contributed by atoms with E-state index in [0.29, 0.717) is 28.9 Å². The van der Waals surface area contributed by atoms with E-state index in [1.165, 1.54) is 23.3 Å². The number of amides is 2. The molecule has 2 amide bonds. The van der Waals surface area contributed by atoms with Gasteiger partial charge in [0.1, 0.15) is 5.75 Å². The van der Waals surface area contributed by atoms with Crippen LogP contribution >= 0.6 is 11.3 Å². The number of aryl methyl sites for hydroxylation is 1. The molecular formula is C30H29N3O3S. The molecule has 188 valence electrons. The molecule has 1 aliphatic carbocycles. The Balaban J connectivity index is 0.968. The quantitative estimate of drug-likeness (QED) is 0.225. The third-order valence-electron chi connectivity index (χ3n) is 7.08. The first-order valence-electron chi connectivity index (χ1n) is 13.0. The Kier molecular flexibility index (Phi) is 6.72. The molecule has 0 N–H and O–H groups in total. The maximum Gasteiger partial charge on any atom is 0.279 e. The second-order valence-corrected chi connectivity index (χ2v) is 10.7. The summed E-state index contributed by atoms with van der Waals surface area (Å²) in [5.41, 5.74) is 3.31. The maximum absolute atomic E-state index is 12.6.